The Bertz CT molecular complexity index is 1600. The van der Waals surface area contributed by atoms with Crippen molar-refractivity contribution in [1.29, 1.82) is 0 Å². The number of nitrogens with one attached hydrogen (secondary N) is 1. The number of fused-ring (bicyclic) bond motifs is 1. The minimum atomic E-state index is -1.34. The summed E-state index contributed by atoms with van der Waals surface area (Å²) in [6, 6.07) is 7.61. The smallest absolute Gasteiger partial charge is 0.304 e. The van der Waals surface area contributed by atoms with Gasteiger partial charge >= 0.3 is 5.97 Å². The summed E-state index contributed by atoms with van der Waals surface area (Å²) < 4.78 is 43.3. The van der Waals surface area contributed by atoms with Crippen LogP contribution in [0.1, 0.15) is 28.4 Å². The Labute approximate surface area is 245 Å². The van der Waals surface area contributed by atoms with E-state index >= 15 is 0 Å². The van der Waals surface area contributed by atoms with Crippen molar-refractivity contribution in [1.82, 2.24) is 14.9 Å². The van der Waals surface area contributed by atoms with E-state index in [2.05, 4.69) is 19.4 Å². The number of nitrogens with zero attached hydrogens (tertiary/aromatic N) is 3. The van der Waals surface area contributed by atoms with E-state index in [1.807, 2.05) is 44.0 Å². The highest BCUT2D eigenvalue weighted by Gasteiger charge is 2.46. The second-order valence-electron chi connectivity index (χ2n) is 10.4. The largest absolute Gasteiger partial charge is 0.496 e. The molecule has 1 amide bonds. The number of methoxy groups -OCH3 is 1. The molecule has 0 bridgehead atoms. The predicted octanol–water partition coefficient (Wildman–Crippen LogP) is 3.76. The summed E-state index contributed by atoms with van der Waals surface area (Å²) in [5, 5.41) is 14.8. The number of benzene rings is 2. The maximum absolute atomic E-state index is 13.8. The predicted molar refractivity (Wildman–Crippen MR) is 150 cm³/mol. The number of amides is 1. The highest BCUT2D eigenvalue weighted by molar-refractivity contribution is 7.09. The van der Waals surface area contributed by atoms with Gasteiger partial charge in [-0.3, -0.25) is 9.59 Å². The molecule has 1 aliphatic carbocycles. The molecule has 2 aromatic heterocycles. The second kappa shape index (κ2) is 11.9. The molecule has 9 nitrogen and oxygen atoms in total. The van der Waals surface area contributed by atoms with E-state index in [1.54, 1.807) is 13.2 Å². The van der Waals surface area contributed by atoms with Crippen LogP contribution in [0.25, 0.3) is 11.3 Å². The lowest BCUT2D eigenvalue weighted by molar-refractivity contribution is -0.678. The van der Waals surface area contributed by atoms with Gasteiger partial charge in [-0.1, -0.05) is 0 Å². The van der Waals surface area contributed by atoms with Crippen LogP contribution in [-0.2, 0) is 49.5 Å². The zero-order chi connectivity index (χ0) is 30.0. The van der Waals surface area contributed by atoms with Crippen molar-refractivity contribution in [2.75, 3.05) is 13.7 Å². The van der Waals surface area contributed by atoms with Gasteiger partial charge in [-0.2, -0.15) is 0 Å². The molecule has 0 saturated heterocycles. The Balaban J connectivity index is 1.24. The number of carbonyl (C=O) groups is 2. The van der Waals surface area contributed by atoms with Gasteiger partial charge in [0.15, 0.2) is 11.6 Å². The number of carboxylic acids is 1. The zero-order valence-corrected chi connectivity index (χ0v) is 24.3. The van der Waals surface area contributed by atoms with Crippen LogP contribution in [0.15, 0.2) is 48.1 Å². The van der Waals surface area contributed by atoms with Gasteiger partial charge < -0.3 is 19.9 Å². The van der Waals surface area contributed by atoms with Crippen molar-refractivity contribution < 1.29 is 37.5 Å². The fraction of sp³-hybridized carbons (Fsp3) is 0.333. The summed E-state index contributed by atoms with van der Waals surface area (Å²) in [4.78, 5) is 29.6. The Morgan fingerprint density at radius 3 is 2.52 bits per heavy atom. The van der Waals surface area contributed by atoms with Gasteiger partial charge in [0.2, 0.25) is 5.91 Å². The maximum Gasteiger partial charge on any atom is 0.304 e. The van der Waals surface area contributed by atoms with Crippen LogP contribution >= 0.6 is 11.3 Å². The summed E-state index contributed by atoms with van der Waals surface area (Å²) in [5.74, 6) is -1.32. The molecule has 4 aromatic rings. The third kappa shape index (κ3) is 5.98. The first kappa shape index (κ1) is 29.2. The number of aliphatic carboxylic acids is 1. The lowest BCUT2D eigenvalue weighted by atomic mass is 9.80. The van der Waals surface area contributed by atoms with Gasteiger partial charge in [0.05, 0.1) is 58.3 Å². The number of thiazole rings is 1. The Hall–Kier alpha value is -4.32. The first-order chi connectivity index (χ1) is 20.1. The van der Waals surface area contributed by atoms with E-state index in [-0.39, 0.29) is 19.4 Å². The molecule has 0 spiro atoms. The van der Waals surface area contributed by atoms with Gasteiger partial charge in [-0.25, -0.2) is 22.9 Å². The topological polar surface area (TPSA) is 107 Å². The standard InChI is InChI=1S/C30H30F2N4O5S/c1-35-7-8-36(2)27(35)6-9-41-20-4-5-21(25(12-20)40-3)24-17-42-26(34-24)16-33-29(39)30(15-28(37)38)13-18-10-22(31)23(32)11-19(18)14-30/h4-5,7-8,10-12,17H,6,9,13-16H2,1-3H3,(H-,33,37,38,39)/p+1. The molecule has 5 rings (SSSR count). The molecule has 0 unspecified atom stereocenters. The van der Waals surface area contributed by atoms with Gasteiger partial charge in [0.25, 0.3) is 5.82 Å². The monoisotopic (exact) mass is 597 g/mol. The summed E-state index contributed by atoms with van der Waals surface area (Å²) in [6.45, 7) is 0.567. The maximum atomic E-state index is 13.8. The average molecular weight is 598 g/mol. The first-order valence-electron chi connectivity index (χ1n) is 13.3. The molecular formula is C30H31F2N4O5S+. The van der Waals surface area contributed by atoms with Crippen LogP contribution in [0.4, 0.5) is 8.78 Å². The van der Waals surface area contributed by atoms with Crippen LogP contribution in [0, 0.1) is 17.0 Å². The molecule has 2 N–H and O–H groups in total. The summed E-state index contributed by atoms with van der Waals surface area (Å²) >= 11 is 1.34. The third-order valence-corrected chi connectivity index (χ3v) is 8.44. The molecule has 0 saturated carbocycles. The van der Waals surface area contributed by atoms with Gasteiger partial charge in [-0.05, 0) is 48.2 Å². The normalized spacial score (nSPS) is 13.5. The van der Waals surface area contributed by atoms with Crippen molar-refractivity contribution in [2.45, 2.75) is 32.2 Å². The van der Waals surface area contributed by atoms with Crippen molar-refractivity contribution in [3.05, 3.63) is 81.7 Å². The Morgan fingerprint density at radius 1 is 1.19 bits per heavy atom. The number of halogens is 2. The fourth-order valence-electron chi connectivity index (χ4n) is 5.47. The highest BCUT2D eigenvalue weighted by Crippen LogP contribution is 2.41. The number of ether oxygens (including phenoxy) is 2. The molecule has 0 fully saturated rings. The van der Waals surface area contributed by atoms with E-state index in [4.69, 9.17) is 9.47 Å². The molecule has 42 heavy (non-hydrogen) atoms. The average Bonchev–Trinajstić information content (AvgIpc) is 3.65. The number of carbonyl (C=O) groups excluding carboxylic acids is 1. The lowest BCUT2D eigenvalue weighted by Gasteiger charge is -2.25. The van der Waals surface area contributed by atoms with E-state index in [0.29, 0.717) is 39.9 Å². The quantitative estimate of drug-likeness (QED) is 0.255. The van der Waals surface area contributed by atoms with Crippen molar-refractivity contribution in [3.63, 3.8) is 0 Å². The molecular weight excluding hydrogens is 566 g/mol. The summed E-state index contributed by atoms with van der Waals surface area (Å²) in [5.41, 5.74) is 0.948. The Morgan fingerprint density at radius 2 is 1.90 bits per heavy atom. The van der Waals surface area contributed by atoms with Crippen LogP contribution in [0.5, 0.6) is 11.5 Å². The lowest BCUT2D eigenvalue weighted by Crippen LogP contribution is -2.43. The van der Waals surface area contributed by atoms with Crippen LogP contribution in [0.2, 0.25) is 0 Å². The Kier molecular flexibility index (Phi) is 8.26. The summed E-state index contributed by atoms with van der Waals surface area (Å²) in [6.07, 6.45) is 4.28. The third-order valence-electron chi connectivity index (χ3n) is 7.59. The highest BCUT2D eigenvalue weighted by atomic mass is 32.1. The van der Waals surface area contributed by atoms with Crippen LogP contribution in [0.3, 0.4) is 0 Å². The van der Waals surface area contributed by atoms with Crippen LogP contribution < -0.4 is 19.4 Å². The number of hydrogen-bond acceptors (Lipinski definition) is 6. The van der Waals surface area contributed by atoms with Gasteiger partial charge in [0, 0.05) is 17.0 Å². The fourth-order valence-corrected chi connectivity index (χ4v) is 6.21. The SMILES string of the molecule is COc1cc(OCCc2n(C)cc[n+]2C)ccc1-c1csc(CNC(=O)C2(CC(=O)O)Cc3cc(F)c(F)cc3C2)n1. The van der Waals surface area contributed by atoms with Crippen molar-refractivity contribution in [3.8, 4) is 22.8 Å². The van der Waals surface area contributed by atoms with Crippen molar-refractivity contribution >= 4 is 23.2 Å². The minimum Gasteiger partial charge on any atom is -0.496 e. The van der Waals surface area contributed by atoms with Gasteiger partial charge in [0.1, 0.15) is 28.9 Å². The molecule has 220 valence electrons. The van der Waals surface area contributed by atoms with E-state index in [9.17, 15) is 23.5 Å². The number of imidazole rings is 1. The number of aromatic nitrogens is 3. The molecule has 1 aliphatic rings. The number of rotatable bonds is 11. The number of aryl methyl sites for hydroxylation is 2. The number of carboxylic acid groups (broad SMARTS) is 1. The van der Waals surface area contributed by atoms with E-state index in [0.717, 1.165) is 29.9 Å². The first-order valence-corrected chi connectivity index (χ1v) is 14.2. The van der Waals surface area contributed by atoms with Crippen LogP contribution in [-0.4, -0.2) is 40.3 Å². The molecule has 2 aromatic carbocycles. The number of hydrogen-bond donors (Lipinski definition) is 2. The van der Waals surface area contributed by atoms with E-state index in [1.165, 1.54) is 11.3 Å². The molecule has 2 heterocycles. The van der Waals surface area contributed by atoms with Gasteiger partial charge in [-0.15, -0.1) is 11.3 Å². The van der Waals surface area contributed by atoms with Crippen molar-refractivity contribution in [2.24, 2.45) is 19.5 Å². The summed E-state index contributed by atoms with van der Waals surface area (Å²) in [7, 11) is 5.56. The molecule has 0 atom stereocenters. The molecule has 0 aliphatic heterocycles. The second-order valence-corrected chi connectivity index (χ2v) is 11.4. The molecule has 12 heteroatoms. The zero-order valence-electron chi connectivity index (χ0n) is 23.4. The molecule has 0 radical (unpaired) electrons. The minimum absolute atomic E-state index is 0.00996. The van der Waals surface area contributed by atoms with E-state index < -0.39 is 35.3 Å².